The zero-order chi connectivity index (χ0) is 15.5. The normalized spacial score (nSPS) is 17.8. The zero-order valence-electron chi connectivity index (χ0n) is 12.9. The Morgan fingerprint density at radius 3 is 2.64 bits per heavy atom. The van der Waals surface area contributed by atoms with Crippen molar-refractivity contribution in [2.24, 2.45) is 0 Å². The summed E-state index contributed by atoms with van der Waals surface area (Å²) >= 11 is 0. The molecule has 1 N–H and O–H groups in total. The van der Waals surface area contributed by atoms with E-state index in [1.807, 2.05) is 6.92 Å². The van der Waals surface area contributed by atoms with Gasteiger partial charge in [-0.1, -0.05) is 19.1 Å². The Balaban J connectivity index is 0.00000242. The molecule has 1 saturated heterocycles. The van der Waals surface area contributed by atoms with Gasteiger partial charge in [-0.25, -0.2) is 8.42 Å². The van der Waals surface area contributed by atoms with Crippen LogP contribution in [0.3, 0.4) is 0 Å². The first-order valence-electron chi connectivity index (χ1n) is 7.27. The minimum absolute atomic E-state index is 0. The van der Waals surface area contributed by atoms with Crippen molar-refractivity contribution in [3.8, 4) is 0 Å². The summed E-state index contributed by atoms with van der Waals surface area (Å²) in [7, 11) is -1.67. The molecule has 124 valence electrons. The maximum Gasteiger partial charge on any atom is 0.255 e. The van der Waals surface area contributed by atoms with Crippen LogP contribution in [0.4, 0.5) is 0 Å². The summed E-state index contributed by atoms with van der Waals surface area (Å²) in [4.78, 5) is 14.4. The molecular weight excluding hydrogens is 324 g/mol. The van der Waals surface area contributed by atoms with Crippen molar-refractivity contribution in [1.29, 1.82) is 0 Å². The molecule has 1 amide bonds. The molecule has 0 aromatic heterocycles. The lowest BCUT2D eigenvalue weighted by atomic mass is 10.1. The van der Waals surface area contributed by atoms with Crippen molar-refractivity contribution >= 4 is 28.2 Å². The Labute approximate surface area is 138 Å². The number of carbonyl (C=O) groups is 1. The number of carbonyl (C=O) groups excluding carboxylic acids is 1. The van der Waals surface area contributed by atoms with E-state index in [2.05, 4.69) is 5.32 Å². The van der Waals surface area contributed by atoms with Crippen LogP contribution in [0.5, 0.6) is 0 Å². The first-order valence-corrected chi connectivity index (χ1v) is 8.92. The smallest absolute Gasteiger partial charge is 0.255 e. The van der Waals surface area contributed by atoms with Crippen molar-refractivity contribution in [3.05, 3.63) is 29.8 Å². The number of likely N-dealkylation sites (N-methyl/N-ethyl adjacent to an activating group) is 1. The predicted octanol–water partition coefficient (Wildman–Crippen LogP) is 1.73. The fourth-order valence-electron chi connectivity index (χ4n) is 2.62. The van der Waals surface area contributed by atoms with Gasteiger partial charge in [0.05, 0.1) is 16.2 Å². The van der Waals surface area contributed by atoms with Gasteiger partial charge in [-0.3, -0.25) is 4.79 Å². The molecule has 1 aromatic carbocycles. The minimum Gasteiger partial charge on any atom is -0.337 e. The number of hydrogen-bond donors (Lipinski definition) is 1. The standard InChI is InChI=1S/C15H22N2O3S.ClH/c1-3-10-21(19,20)14-7-5-4-6-13(14)15(18)17(2)12-8-9-16-11-12;/h4-7,12,16H,3,8-11H2,1-2H3;1H. The van der Waals surface area contributed by atoms with Crippen LogP contribution in [0.25, 0.3) is 0 Å². The summed E-state index contributed by atoms with van der Waals surface area (Å²) in [6.07, 6.45) is 1.43. The second kappa shape index (κ2) is 7.94. The molecule has 0 aliphatic carbocycles. The van der Waals surface area contributed by atoms with Crippen LogP contribution >= 0.6 is 12.4 Å². The Morgan fingerprint density at radius 1 is 1.36 bits per heavy atom. The van der Waals surface area contributed by atoms with Crippen LogP contribution in [0.1, 0.15) is 30.1 Å². The fourth-order valence-corrected chi connectivity index (χ4v) is 4.15. The Bertz CT molecular complexity index is 613. The van der Waals surface area contributed by atoms with E-state index >= 15 is 0 Å². The molecule has 0 saturated carbocycles. The van der Waals surface area contributed by atoms with Crippen LogP contribution in [0.2, 0.25) is 0 Å². The van der Waals surface area contributed by atoms with Crippen molar-refractivity contribution in [2.45, 2.75) is 30.7 Å². The van der Waals surface area contributed by atoms with Crippen molar-refractivity contribution < 1.29 is 13.2 Å². The second-order valence-electron chi connectivity index (χ2n) is 5.38. The van der Waals surface area contributed by atoms with Crippen LogP contribution in [0, 0.1) is 0 Å². The molecule has 1 unspecified atom stereocenters. The average molecular weight is 347 g/mol. The SMILES string of the molecule is CCCS(=O)(=O)c1ccccc1C(=O)N(C)C1CCNC1.Cl. The maximum absolute atomic E-state index is 12.6. The van der Waals surface area contributed by atoms with Gasteiger partial charge >= 0.3 is 0 Å². The molecule has 1 fully saturated rings. The van der Waals surface area contributed by atoms with Crippen LogP contribution in [-0.2, 0) is 9.84 Å². The van der Waals surface area contributed by atoms with Crippen LogP contribution in [-0.4, -0.2) is 51.2 Å². The van der Waals surface area contributed by atoms with E-state index in [4.69, 9.17) is 0 Å². The lowest BCUT2D eigenvalue weighted by molar-refractivity contribution is 0.0740. The molecule has 7 heteroatoms. The molecule has 1 aliphatic heterocycles. The third kappa shape index (κ3) is 4.00. The molecule has 0 spiro atoms. The number of sulfone groups is 1. The summed E-state index contributed by atoms with van der Waals surface area (Å²) in [5.41, 5.74) is 0.278. The summed E-state index contributed by atoms with van der Waals surface area (Å²) in [5, 5.41) is 3.21. The molecule has 5 nitrogen and oxygen atoms in total. The summed E-state index contributed by atoms with van der Waals surface area (Å²) in [6.45, 7) is 3.46. The summed E-state index contributed by atoms with van der Waals surface area (Å²) in [5.74, 6) is -0.162. The lowest BCUT2D eigenvalue weighted by Gasteiger charge is -2.24. The predicted molar refractivity (Wildman–Crippen MR) is 89.4 cm³/mol. The number of amides is 1. The highest BCUT2D eigenvalue weighted by atomic mass is 35.5. The number of nitrogens with zero attached hydrogens (tertiary/aromatic N) is 1. The molecule has 1 heterocycles. The second-order valence-corrected chi connectivity index (χ2v) is 7.46. The molecule has 2 rings (SSSR count). The van der Waals surface area contributed by atoms with Crippen LogP contribution < -0.4 is 5.32 Å². The number of benzene rings is 1. The van der Waals surface area contributed by atoms with Gasteiger partial charge < -0.3 is 10.2 Å². The highest BCUT2D eigenvalue weighted by Crippen LogP contribution is 2.21. The van der Waals surface area contributed by atoms with Crippen molar-refractivity contribution in [3.63, 3.8) is 0 Å². The average Bonchev–Trinajstić information content (AvgIpc) is 3.00. The molecule has 1 aliphatic rings. The van der Waals surface area contributed by atoms with E-state index in [9.17, 15) is 13.2 Å². The summed E-state index contributed by atoms with van der Waals surface area (Å²) in [6, 6.07) is 6.62. The first kappa shape index (κ1) is 18.9. The molecule has 1 aromatic rings. The van der Waals surface area contributed by atoms with E-state index in [1.165, 1.54) is 6.07 Å². The largest absolute Gasteiger partial charge is 0.337 e. The Kier molecular flexibility index (Phi) is 6.84. The topological polar surface area (TPSA) is 66.5 Å². The van der Waals surface area contributed by atoms with Gasteiger partial charge in [-0.15, -0.1) is 12.4 Å². The molecule has 0 bridgehead atoms. The van der Waals surface area contributed by atoms with Crippen molar-refractivity contribution in [1.82, 2.24) is 10.2 Å². The van der Waals surface area contributed by atoms with Gasteiger partial charge in [0, 0.05) is 19.6 Å². The van der Waals surface area contributed by atoms with E-state index in [1.54, 1.807) is 30.1 Å². The monoisotopic (exact) mass is 346 g/mol. The Hall–Kier alpha value is -1.11. The van der Waals surface area contributed by atoms with Gasteiger partial charge in [0.15, 0.2) is 9.84 Å². The zero-order valence-corrected chi connectivity index (χ0v) is 14.5. The van der Waals surface area contributed by atoms with E-state index in [0.29, 0.717) is 6.42 Å². The van der Waals surface area contributed by atoms with Gasteiger partial charge in [-0.2, -0.15) is 0 Å². The minimum atomic E-state index is -3.41. The lowest BCUT2D eigenvalue weighted by Crippen LogP contribution is -2.39. The summed E-state index contributed by atoms with van der Waals surface area (Å²) < 4.78 is 24.6. The van der Waals surface area contributed by atoms with Gasteiger partial charge in [0.1, 0.15) is 0 Å². The number of nitrogens with one attached hydrogen (secondary N) is 1. The quantitative estimate of drug-likeness (QED) is 0.881. The molecule has 0 radical (unpaired) electrons. The van der Waals surface area contributed by atoms with Crippen molar-refractivity contribution in [2.75, 3.05) is 25.9 Å². The fraction of sp³-hybridized carbons (Fsp3) is 0.533. The van der Waals surface area contributed by atoms with E-state index in [0.717, 1.165) is 19.5 Å². The highest BCUT2D eigenvalue weighted by molar-refractivity contribution is 7.91. The van der Waals surface area contributed by atoms with E-state index in [-0.39, 0.29) is 40.6 Å². The van der Waals surface area contributed by atoms with Crippen LogP contribution in [0.15, 0.2) is 29.2 Å². The number of hydrogen-bond acceptors (Lipinski definition) is 4. The third-order valence-corrected chi connectivity index (χ3v) is 5.80. The van der Waals surface area contributed by atoms with E-state index < -0.39 is 9.84 Å². The highest BCUT2D eigenvalue weighted by Gasteiger charge is 2.28. The number of halogens is 1. The third-order valence-electron chi connectivity index (χ3n) is 3.83. The first-order chi connectivity index (χ1) is 9.97. The van der Waals surface area contributed by atoms with Gasteiger partial charge in [0.25, 0.3) is 5.91 Å². The number of rotatable bonds is 5. The van der Waals surface area contributed by atoms with Gasteiger partial charge in [0.2, 0.25) is 0 Å². The van der Waals surface area contributed by atoms with Gasteiger partial charge in [-0.05, 0) is 31.5 Å². The molecular formula is C15H23ClN2O3S. The maximum atomic E-state index is 12.6. The molecule has 1 atom stereocenters. The Morgan fingerprint density at radius 2 is 2.05 bits per heavy atom. The molecule has 22 heavy (non-hydrogen) atoms.